The summed E-state index contributed by atoms with van der Waals surface area (Å²) in [5.74, 6) is -0.610. The molecule has 3 rings (SSSR count). The number of hydrogen-bond acceptors (Lipinski definition) is 2. The van der Waals surface area contributed by atoms with Crippen LogP contribution in [0.4, 0.5) is 10.1 Å². The van der Waals surface area contributed by atoms with Crippen molar-refractivity contribution in [3.05, 3.63) is 71.3 Å². The van der Waals surface area contributed by atoms with Crippen LogP contribution in [0.3, 0.4) is 0 Å². The molecule has 0 bridgehead atoms. The third-order valence-corrected chi connectivity index (χ3v) is 3.85. The number of benzene rings is 2. The first kappa shape index (κ1) is 15.9. The molecular weight excluding hydrogens is 305 g/mol. The number of halogens is 1. The van der Waals surface area contributed by atoms with Crippen LogP contribution in [0.25, 0.3) is 11.1 Å². The van der Waals surface area contributed by atoms with E-state index in [-0.39, 0.29) is 11.7 Å². The van der Waals surface area contributed by atoms with E-state index in [1.807, 2.05) is 31.2 Å². The second-order valence-corrected chi connectivity index (χ2v) is 5.81. The van der Waals surface area contributed by atoms with Crippen molar-refractivity contribution in [1.29, 1.82) is 0 Å². The molecule has 4 nitrogen and oxygen atoms in total. The van der Waals surface area contributed by atoms with E-state index in [9.17, 15) is 9.18 Å². The lowest BCUT2D eigenvalue weighted by Crippen LogP contribution is -2.13. The largest absolute Gasteiger partial charge is 0.321 e. The molecule has 0 fully saturated rings. The molecule has 1 heterocycles. The summed E-state index contributed by atoms with van der Waals surface area (Å²) in [5.41, 5.74) is 4.31. The lowest BCUT2D eigenvalue weighted by atomic mass is 10.0. The Kier molecular flexibility index (Phi) is 4.16. The molecule has 2 aromatic carbocycles. The number of hydrogen-bond donors (Lipinski definition) is 1. The number of aryl methyl sites for hydroxylation is 3. The molecule has 0 atom stereocenters. The van der Waals surface area contributed by atoms with Crippen molar-refractivity contribution in [3.8, 4) is 11.1 Å². The van der Waals surface area contributed by atoms with Crippen molar-refractivity contribution in [2.75, 3.05) is 5.32 Å². The highest BCUT2D eigenvalue weighted by atomic mass is 19.1. The highest BCUT2D eigenvalue weighted by Crippen LogP contribution is 2.29. The molecule has 1 N–H and O–H groups in total. The number of anilines is 1. The fourth-order valence-electron chi connectivity index (χ4n) is 2.61. The van der Waals surface area contributed by atoms with E-state index in [1.54, 1.807) is 30.9 Å². The minimum Gasteiger partial charge on any atom is -0.321 e. The monoisotopic (exact) mass is 323 g/mol. The average Bonchev–Trinajstić information content (AvgIpc) is 2.88. The molecule has 0 aliphatic carbocycles. The van der Waals surface area contributed by atoms with E-state index in [1.165, 1.54) is 12.1 Å². The van der Waals surface area contributed by atoms with Crippen molar-refractivity contribution in [2.24, 2.45) is 7.05 Å². The van der Waals surface area contributed by atoms with Gasteiger partial charge in [0.25, 0.3) is 5.91 Å². The Labute approximate surface area is 139 Å². The van der Waals surface area contributed by atoms with Crippen LogP contribution in [-0.4, -0.2) is 15.7 Å². The minimum atomic E-state index is -0.346. The fourth-order valence-corrected chi connectivity index (χ4v) is 2.61. The van der Waals surface area contributed by atoms with Gasteiger partial charge in [0.1, 0.15) is 5.82 Å². The topological polar surface area (TPSA) is 46.9 Å². The standard InChI is InChI=1S/C19H18FN3O/c1-12-4-6-14(7-5-12)16-10-15(20)8-9-18(16)21-19(24)17-11-23(3)22-13(17)2/h4-11H,1-3H3,(H,21,24). The first-order valence-corrected chi connectivity index (χ1v) is 7.62. The van der Waals surface area contributed by atoms with E-state index >= 15 is 0 Å². The zero-order chi connectivity index (χ0) is 17.3. The first-order valence-electron chi connectivity index (χ1n) is 7.62. The summed E-state index contributed by atoms with van der Waals surface area (Å²) in [4.78, 5) is 12.5. The molecule has 0 aliphatic rings. The molecule has 122 valence electrons. The van der Waals surface area contributed by atoms with Crippen molar-refractivity contribution in [3.63, 3.8) is 0 Å². The van der Waals surface area contributed by atoms with Gasteiger partial charge in [0, 0.05) is 24.5 Å². The summed E-state index contributed by atoms with van der Waals surface area (Å²) in [5, 5.41) is 7.04. The van der Waals surface area contributed by atoms with E-state index in [2.05, 4.69) is 10.4 Å². The van der Waals surface area contributed by atoms with Crippen LogP contribution in [0.2, 0.25) is 0 Å². The summed E-state index contributed by atoms with van der Waals surface area (Å²) >= 11 is 0. The van der Waals surface area contributed by atoms with Gasteiger partial charge in [-0.3, -0.25) is 9.48 Å². The number of nitrogens with one attached hydrogen (secondary N) is 1. The Morgan fingerprint density at radius 2 is 1.83 bits per heavy atom. The predicted molar refractivity (Wildman–Crippen MR) is 92.5 cm³/mol. The number of carbonyl (C=O) groups is 1. The highest BCUT2D eigenvalue weighted by Gasteiger charge is 2.15. The molecule has 0 saturated heterocycles. The van der Waals surface area contributed by atoms with Crippen molar-refractivity contribution < 1.29 is 9.18 Å². The fraction of sp³-hybridized carbons (Fsp3) is 0.158. The number of rotatable bonds is 3. The number of carbonyl (C=O) groups excluding carboxylic acids is 1. The van der Waals surface area contributed by atoms with E-state index in [0.29, 0.717) is 22.5 Å². The lowest BCUT2D eigenvalue weighted by Gasteiger charge is -2.12. The maximum atomic E-state index is 13.7. The van der Waals surface area contributed by atoms with Crippen LogP contribution in [0, 0.1) is 19.7 Å². The Hall–Kier alpha value is -2.95. The van der Waals surface area contributed by atoms with Crippen LogP contribution < -0.4 is 5.32 Å². The molecule has 0 unspecified atom stereocenters. The molecule has 1 amide bonds. The maximum absolute atomic E-state index is 13.7. The van der Waals surface area contributed by atoms with Gasteiger partial charge < -0.3 is 5.32 Å². The Morgan fingerprint density at radius 1 is 1.12 bits per heavy atom. The Morgan fingerprint density at radius 3 is 2.46 bits per heavy atom. The quantitative estimate of drug-likeness (QED) is 0.789. The zero-order valence-corrected chi connectivity index (χ0v) is 13.8. The van der Waals surface area contributed by atoms with E-state index < -0.39 is 0 Å². The number of nitrogens with zero attached hydrogens (tertiary/aromatic N) is 2. The summed E-state index contributed by atoms with van der Waals surface area (Å²) in [6.45, 7) is 3.77. The Bertz CT molecular complexity index is 897. The third kappa shape index (κ3) is 3.20. The van der Waals surface area contributed by atoms with Gasteiger partial charge in [0.2, 0.25) is 0 Å². The summed E-state index contributed by atoms with van der Waals surface area (Å²) in [6.07, 6.45) is 1.67. The SMILES string of the molecule is Cc1ccc(-c2cc(F)ccc2NC(=O)c2cn(C)nc2C)cc1. The van der Waals surface area contributed by atoms with Gasteiger partial charge >= 0.3 is 0 Å². The Balaban J connectivity index is 1.98. The van der Waals surface area contributed by atoms with Gasteiger partial charge in [-0.05, 0) is 37.6 Å². The summed E-state index contributed by atoms with van der Waals surface area (Å²) in [6, 6.07) is 12.1. The lowest BCUT2D eigenvalue weighted by molar-refractivity contribution is 0.102. The normalized spacial score (nSPS) is 10.7. The molecule has 3 aromatic rings. The van der Waals surface area contributed by atoms with Gasteiger partial charge in [-0.1, -0.05) is 29.8 Å². The van der Waals surface area contributed by atoms with Gasteiger partial charge in [0.15, 0.2) is 0 Å². The predicted octanol–water partition coefficient (Wildman–Crippen LogP) is 4.10. The highest BCUT2D eigenvalue weighted by molar-refractivity contribution is 6.06. The third-order valence-electron chi connectivity index (χ3n) is 3.85. The number of aromatic nitrogens is 2. The number of amides is 1. The molecule has 0 radical (unpaired) electrons. The molecule has 5 heteroatoms. The van der Waals surface area contributed by atoms with Crippen molar-refractivity contribution in [1.82, 2.24) is 9.78 Å². The van der Waals surface area contributed by atoms with Gasteiger partial charge in [-0.25, -0.2) is 4.39 Å². The summed E-state index contributed by atoms with van der Waals surface area (Å²) < 4.78 is 15.3. The second-order valence-electron chi connectivity index (χ2n) is 5.81. The maximum Gasteiger partial charge on any atom is 0.259 e. The molecule has 0 aliphatic heterocycles. The van der Waals surface area contributed by atoms with Crippen LogP contribution >= 0.6 is 0 Å². The van der Waals surface area contributed by atoms with E-state index in [4.69, 9.17) is 0 Å². The smallest absolute Gasteiger partial charge is 0.259 e. The first-order chi connectivity index (χ1) is 11.4. The van der Waals surface area contributed by atoms with Gasteiger partial charge in [-0.2, -0.15) is 5.10 Å². The van der Waals surface area contributed by atoms with Gasteiger partial charge in [-0.15, -0.1) is 0 Å². The van der Waals surface area contributed by atoms with Crippen molar-refractivity contribution >= 4 is 11.6 Å². The zero-order valence-electron chi connectivity index (χ0n) is 13.8. The molecule has 0 saturated carbocycles. The van der Waals surface area contributed by atoms with Crippen LogP contribution in [0.5, 0.6) is 0 Å². The molecule has 1 aromatic heterocycles. The second kappa shape index (κ2) is 6.28. The average molecular weight is 323 g/mol. The van der Waals surface area contributed by atoms with Crippen molar-refractivity contribution in [2.45, 2.75) is 13.8 Å². The molecular formula is C19H18FN3O. The summed E-state index contributed by atoms with van der Waals surface area (Å²) in [7, 11) is 1.76. The minimum absolute atomic E-state index is 0.263. The van der Waals surface area contributed by atoms with Gasteiger partial charge in [0.05, 0.1) is 11.3 Å². The molecule has 24 heavy (non-hydrogen) atoms. The molecule has 0 spiro atoms. The van der Waals surface area contributed by atoms with E-state index in [0.717, 1.165) is 11.1 Å². The van der Waals surface area contributed by atoms with Crippen LogP contribution in [0.1, 0.15) is 21.6 Å². The van der Waals surface area contributed by atoms with Crippen LogP contribution in [-0.2, 0) is 7.05 Å². The van der Waals surface area contributed by atoms with Crippen LogP contribution in [0.15, 0.2) is 48.7 Å².